The van der Waals surface area contributed by atoms with Gasteiger partial charge in [-0.15, -0.1) is 0 Å². The zero-order valence-corrected chi connectivity index (χ0v) is 20.7. The highest BCUT2D eigenvalue weighted by Gasteiger charge is 2.21. The van der Waals surface area contributed by atoms with Crippen molar-refractivity contribution in [2.45, 2.75) is 46.2 Å². The number of benzene rings is 2. The molecule has 0 radical (unpaired) electrons. The van der Waals surface area contributed by atoms with E-state index in [1.165, 1.54) is 0 Å². The highest BCUT2D eigenvalue weighted by molar-refractivity contribution is 5.98. The number of carbonyl (C=O) groups excluding carboxylic acids is 2. The number of nitrogens with zero attached hydrogens (tertiary/aromatic N) is 1. The summed E-state index contributed by atoms with van der Waals surface area (Å²) in [7, 11) is 2.13. The molecule has 1 saturated heterocycles. The standard InChI is InChI=1S/C27H37N3O4/c1-27(2,3)26(32)29-22-9-6-8-21(18-22)25(31)28-19-20-7-5-10-24(17-20)34-16-13-30(4)23-11-14-33-15-12-23/h5-10,17-18,23H,11-16,19H2,1-4H3,(H,28,31)(H,29,32). The van der Waals surface area contributed by atoms with E-state index in [2.05, 4.69) is 22.6 Å². The van der Waals surface area contributed by atoms with Gasteiger partial charge in [0.1, 0.15) is 12.4 Å². The van der Waals surface area contributed by atoms with Crippen LogP contribution < -0.4 is 15.4 Å². The van der Waals surface area contributed by atoms with Gasteiger partial charge < -0.3 is 20.1 Å². The Bertz CT molecular complexity index is 964. The summed E-state index contributed by atoms with van der Waals surface area (Å²) in [6.45, 7) is 9.06. The molecule has 0 aromatic heterocycles. The lowest BCUT2D eigenvalue weighted by atomic mass is 9.95. The van der Waals surface area contributed by atoms with Crippen molar-refractivity contribution in [3.63, 3.8) is 0 Å². The summed E-state index contributed by atoms with van der Waals surface area (Å²) in [6.07, 6.45) is 2.13. The molecule has 1 aliphatic rings. The normalized spacial score (nSPS) is 14.6. The maximum absolute atomic E-state index is 12.7. The van der Waals surface area contributed by atoms with Crippen LogP contribution in [0.3, 0.4) is 0 Å². The van der Waals surface area contributed by atoms with Crippen LogP contribution in [0, 0.1) is 5.41 Å². The van der Waals surface area contributed by atoms with Gasteiger partial charge >= 0.3 is 0 Å². The van der Waals surface area contributed by atoms with Crippen LogP contribution in [0.1, 0.15) is 49.5 Å². The summed E-state index contributed by atoms with van der Waals surface area (Å²) in [6, 6.07) is 15.3. The van der Waals surface area contributed by atoms with Crippen molar-refractivity contribution < 1.29 is 19.1 Å². The Morgan fingerprint density at radius 3 is 2.56 bits per heavy atom. The lowest BCUT2D eigenvalue weighted by Crippen LogP contribution is -2.38. The lowest BCUT2D eigenvalue weighted by molar-refractivity contribution is -0.123. The molecule has 2 N–H and O–H groups in total. The Kier molecular flexibility index (Phi) is 9.07. The molecular formula is C27H37N3O4. The monoisotopic (exact) mass is 467 g/mol. The van der Waals surface area contributed by atoms with Crippen LogP contribution in [-0.4, -0.2) is 56.2 Å². The van der Waals surface area contributed by atoms with Gasteiger partial charge in [0.15, 0.2) is 0 Å². The first-order valence-corrected chi connectivity index (χ1v) is 11.9. The van der Waals surface area contributed by atoms with Gasteiger partial charge in [-0.2, -0.15) is 0 Å². The molecule has 34 heavy (non-hydrogen) atoms. The predicted octanol–water partition coefficient (Wildman–Crippen LogP) is 4.09. The summed E-state index contributed by atoms with van der Waals surface area (Å²) < 4.78 is 11.4. The molecule has 0 spiro atoms. The number of hydrogen-bond acceptors (Lipinski definition) is 5. The first-order chi connectivity index (χ1) is 16.2. The zero-order valence-electron chi connectivity index (χ0n) is 20.7. The molecule has 1 fully saturated rings. The summed E-state index contributed by atoms with van der Waals surface area (Å²) in [5.41, 5.74) is 1.55. The fourth-order valence-electron chi connectivity index (χ4n) is 3.70. The number of rotatable bonds is 9. The van der Waals surface area contributed by atoms with E-state index in [9.17, 15) is 9.59 Å². The van der Waals surface area contributed by atoms with Crippen LogP contribution in [0.5, 0.6) is 5.75 Å². The van der Waals surface area contributed by atoms with Crippen molar-refractivity contribution in [2.24, 2.45) is 5.41 Å². The first kappa shape index (κ1) is 25.7. The van der Waals surface area contributed by atoms with Gasteiger partial charge in [-0.05, 0) is 55.8 Å². The molecule has 184 valence electrons. The predicted molar refractivity (Wildman–Crippen MR) is 134 cm³/mol. The molecule has 0 bridgehead atoms. The van der Waals surface area contributed by atoms with Gasteiger partial charge in [-0.1, -0.05) is 39.0 Å². The molecule has 1 aliphatic heterocycles. The Morgan fingerprint density at radius 2 is 1.82 bits per heavy atom. The second-order valence-electron chi connectivity index (χ2n) is 9.79. The molecule has 3 rings (SSSR count). The van der Waals surface area contributed by atoms with Gasteiger partial charge in [0.25, 0.3) is 5.91 Å². The number of anilines is 1. The molecule has 2 amide bonds. The average molecular weight is 468 g/mol. The molecule has 2 aromatic carbocycles. The van der Waals surface area contributed by atoms with Crippen LogP contribution in [0.15, 0.2) is 48.5 Å². The molecule has 0 aliphatic carbocycles. The fourth-order valence-corrected chi connectivity index (χ4v) is 3.70. The second kappa shape index (κ2) is 12.0. The van der Waals surface area contributed by atoms with E-state index in [4.69, 9.17) is 9.47 Å². The highest BCUT2D eigenvalue weighted by Crippen LogP contribution is 2.19. The number of hydrogen-bond donors (Lipinski definition) is 2. The summed E-state index contributed by atoms with van der Waals surface area (Å²) in [5.74, 6) is 0.496. The van der Waals surface area contributed by atoms with Gasteiger partial charge in [-0.3, -0.25) is 14.5 Å². The summed E-state index contributed by atoms with van der Waals surface area (Å²) in [4.78, 5) is 27.2. The van der Waals surface area contributed by atoms with E-state index in [0.717, 1.165) is 43.9 Å². The van der Waals surface area contributed by atoms with Crippen molar-refractivity contribution in [1.82, 2.24) is 10.2 Å². The van der Waals surface area contributed by atoms with Crippen LogP contribution in [0.4, 0.5) is 5.69 Å². The van der Waals surface area contributed by atoms with E-state index in [1.807, 2.05) is 45.0 Å². The Morgan fingerprint density at radius 1 is 1.09 bits per heavy atom. The van der Waals surface area contributed by atoms with Gasteiger partial charge in [0.2, 0.25) is 5.91 Å². The third-order valence-electron chi connectivity index (χ3n) is 5.94. The maximum atomic E-state index is 12.7. The largest absolute Gasteiger partial charge is 0.492 e. The van der Waals surface area contributed by atoms with Crippen LogP contribution in [-0.2, 0) is 16.1 Å². The zero-order chi connectivity index (χ0) is 24.6. The van der Waals surface area contributed by atoms with E-state index in [0.29, 0.717) is 30.4 Å². The number of ether oxygens (including phenoxy) is 2. The third-order valence-corrected chi connectivity index (χ3v) is 5.94. The Hall–Kier alpha value is -2.90. The molecule has 0 saturated carbocycles. The Labute approximate surface area is 202 Å². The van der Waals surface area contributed by atoms with Crippen LogP contribution in [0.25, 0.3) is 0 Å². The van der Waals surface area contributed by atoms with Crippen molar-refractivity contribution in [1.29, 1.82) is 0 Å². The topological polar surface area (TPSA) is 79.9 Å². The second-order valence-corrected chi connectivity index (χ2v) is 9.79. The molecule has 0 atom stereocenters. The first-order valence-electron chi connectivity index (χ1n) is 11.9. The minimum atomic E-state index is -0.508. The molecule has 7 heteroatoms. The number of amides is 2. The smallest absolute Gasteiger partial charge is 0.251 e. The molecule has 2 aromatic rings. The van der Waals surface area contributed by atoms with Gasteiger partial charge in [-0.25, -0.2) is 0 Å². The van der Waals surface area contributed by atoms with E-state index < -0.39 is 5.41 Å². The fraction of sp³-hybridized carbons (Fsp3) is 0.481. The summed E-state index contributed by atoms with van der Waals surface area (Å²) in [5, 5.41) is 5.80. The number of carbonyl (C=O) groups is 2. The van der Waals surface area contributed by atoms with Gasteiger partial charge in [0, 0.05) is 49.0 Å². The SMILES string of the molecule is CN(CCOc1cccc(CNC(=O)c2cccc(NC(=O)C(C)(C)C)c2)c1)C1CCOCC1. The number of likely N-dealkylation sites (N-methyl/N-ethyl adjacent to an activating group) is 1. The molecular weight excluding hydrogens is 430 g/mol. The van der Waals surface area contributed by atoms with Crippen LogP contribution in [0.2, 0.25) is 0 Å². The van der Waals surface area contributed by atoms with Crippen LogP contribution >= 0.6 is 0 Å². The summed E-state index contributed by atoms with van der Waals surface area (Å²) >= 11 is 0. The highest BCUT2D eigenvalue weighted by atomic mass is 16.5. The van der Waals surface area contributed by atoms with E-state index in [-0.39, 0.29) is 11.8 Å². The van der Waals surface area contributed by atoms with E-state index in [1.54, 1.807) is 24.3 Å². The van der Waals surface area contributed by atoms with Crippen molar-refractivity contribution >= 4 is 17.5 Å². The third kappa shape index (κ3) is 7.85. The van der Waals surface area contributed by atoms with Crippen molar-refractivity contribution in [3.8, 4) is 5.75 Å². The van der Waals surface area contributed by atoms with E-state index >= 15 is 0 Å². The molecule has 7 nitrogen and oxygen atoms in total. The minimum absolute atomic E-state index is 0.0965. The quantitative estimate of drug-likeness (QED) is 0.581. The number of nitrogens with one attached hydrogen (secondary N) is 2. The van der Waals surface area contributed by atoms with Gasteiger partial charge in [0.05, 0.1) is 0 Å². The minimum Gasteiger partial charge on any atom is -0.492 e. The lowest BCUT2D eigenvalue weighted by Gasteiger charge is -2.31. The van der Waals surface area contributed by atoms with Crippen molar-refractivity contribution in [2.75, 3.05) is 38.7 Å². The molecule has 1 heterocycles. The maximum Gasteiger partial charge on any atom is 0.251 e. The average Bonchev–Trinajstić information content (AvgIpc) is 2.83. The molecule has 0 unspecified atom stereocenters. The van der Waals surface area contributed by atoms with Crippen molar-refractivity contribution in [3.05, 3.63) is 59.7 Å². The Balaban J connectivity index is 1.48.